The van der Waals surface area contributed by atoms with Crippen LogP contribution in [0.1, 0.15) is 56.7 Å². The molecule has 0 heterocycles. The maximum Gasteiger partial charge on any atom is 0.124 e. The van der Waals surface area contributed by atoms with Crippen molar-refractivity contribution in [1.82, 2.24) is 0 Å². The molecular weight excluding hydrogens is 210 g/mol. The molecule has 2 nitrogen and oxygen atoms in total. The summed E-state index contributed by atoms with van der Waals surface area (Å²) in [6.45, 7) is 8.43. The third-order valence-corrected chi connectivity index (χ3v) is 3.84. The van der Waals surface area contributed by atoms with E-state index in [1.807, 2.05) is 6.07 Å². The molecular formula is C15H23NO. The molecule has 94 valence electrons. The molecule has 1 aliphatic carbocycles. The van der Waals surface area contributed by atoms with Crippen molar-refractivity contribution in [2.45, 2.75) is 57.9 Å². The van der Waals surface area contributed by atoms with Crippen molar-refractivity contribution in [1.29, 1.82) is 0 Å². The maximum absolute atomic E-state index is 10.5. The summed E-state index contributed by atoms with van der Waals surface area (Å²) in [5.74, 6) is 0.408. The van der Waals surface area contributed by atoms with Crippen LogP contribution in [0, 0.1) is 6.92 Å². The van der Waals surface area contributed by atoms with Gasteiger partial charge in [-0.15, -0.1) is 0 Å². The van der Waals surface area contributed by atoms with Gasteiger partial charge in [-0.2, -0.15) is 0 Å². The molecule has 17 heavy (non-hydrogen) atoms. The van der Waals surface area contributed by atoms with Crippen LogP contribution >= 0.6 is 0 Å². The van der Waals surface area contributed by atoms with Crippen LogP contribution in [-0.2, 0) is 11.0 Å². The van der Waals surface area contributed by atoms with Crippen molar-refractivity contribution in [3.05, 3.63) is 28.8 Å². The van der Waals surface area contributed by atoms with E-state index < -0.39 is 0 Å². The standard InChI is InChI=1S/C15H23NO/c1-10-8-11(14(2,3)4)13(17)12(9-10)15(16)6-5-7-15/h8-9,17H,5-7,16H2,1-4H3. The highest BCUT2D eigenvalue weighted by atomic mass is 16.3. The van der Waals surface area contributed by atoms with Crippen LogP contribution in [0.4, 0.5) is 0 Å². The fraction of sp³-hybridized carbons (Fsp3) is 0.600. The number of phenolic OH excluding ortho intramolecular Hbond substituents is 1. The lowest BCUT2D eigenvalue weighted by molar-refractivity contribution is 0.244. The van der Waals surface area contributed by atoms with Crippen molar-refractivity contribution in [3.63, 3.8) is 0 Å². The third-order valence-electron chi connectivity index (χ3n) is 3.84. The first-order valence-corrected chi connectivity index (χ1v) is 6.37. The van der Waals surface area contributed by atoms with E-state index in [0.29, 0.717) is 5.75 Å². The second-order valence-corrected chi connectivity index (χ2v) is 6.47. The molecule has 0 saturated heterocycles. The predicted octanol–water partition coefficient (Wildman–Crippen LogP) is 3.34. The summed E-state index contributed by atoms with van der Waals surface area (Å²) in [4.78, 5) is 0. The van der Waals surface area contributed by atoms with Crippen LogP contribution in [0.3, 0.4) is 0 Å². The van der Waals surface area contributed by atoms with Crippen molar-refractivity contribution in [2.75, 3.05) is 0 Å². The zero-order valence-electron chi connectivity index (χ0n) is 11.3. The van der Waals surface area contributed by atoms with Gasteiger partial charge in [0.1, 0.15) is 5.75 Å². The third kappa shape index (κ3) is 2.06. The van der Waals surface area contributed by atoms with Crippen LogP contribution in [-0.4, -0.2) is 5.11 Å². The van der Waals surface area contributed by atoms with E-state index in [-0.39, 0.29) is 11.0 Å². The Hall–Kier alpha value is -1.02. The Morgan fingerprint density at radius 1 is 1.24 bits per heavy atom. The minimum atomic E-state index is -0.296. The van der Waals surface area contributed by atoms with Crippen molar-refractivity contribution in [3.8, 4) is 5.75 Å². The Kier molecular flexibility index (Phi) is 2.74. The number of phenols is 1. The molecule has 3 N–H and O–H groups in total. The van der Waals surface area contributed by atoms with Crippen LogP contribution in [0.2, 0.25) is 0 Å². The molecule has 1 fully saturated rings. The van der Waals surface area contributed by atoms with Gasteiger partial charge >= 0.3 is 0 Å². The van der Waals surface area contributed by atoms with E-state index >= 15 is 0 Å². The number of aromatic hydroxyl groups is 1. The van der Waals surface area contributed by atoms with Gasteiger partial charge in [0, 0.05) is 11.1 Å². The van der Waals surface area contributed by atoms with Crippen LogP contribution < -0.4 is 5.73 Å². The maximum atomic E-state index is 10.5. The van der Waals surface area contributed by atoms with Crippen molar-refractivity contribution >= 4 is 0 Å². The molecule has 0 bridgehead atoms. The second-order valence-electron chi connectivity index (χ2n) is 6.47. The van der Waals surface area contributed by atoms with Crippen LogP contribution in [0.5, 0.6) is 5.75 Å². The number of benzene rings is 1. The summed E-state index contributed by atoms with van der Waals surface area (Å²) in [7, 11) is 0. The highest BCUT2D eigenvalue weighted by molar-refractivity contribution is 5.50. The summed E-state index contributed by atoms with van der Waals surface area (Å²) >= 11 is 0. The molecule has 1 saturated carbocycles. The molecule has 0 aromatic heterocycles. The van der Waals surface area contributed by atoms with Crippen LogP contribution in [0.25, 0.3) is 0 Å². The lowest BCUT2D eigenvalue weighted by Gasteiger charge is -2.40. The molecule has 0 amide bonds. The second kappa shape index (κ2) is 3.74. The number of nitrogens with two attached hydrogens (primary N) is 1. The Bertz CT molecular complexity index is 439. The smallest absolute Gasteiger partial charge is 0.124 e. The van der Waals surface area contributed by atoms with E-state index in [9.17, 15) is 5.11 Å². The quantitative estimate of drug-likeness (QED) is 0.781. The first-order chi connectivity index (χ1) is 7.74. The zero-order chi connectivity index (χ0) is 12.8. The predicted molar refractivity (Wildman–Crippen MR) is 71.3 cm³/mol. The van der Waals surface area contributed by atoms with Crippen LogP contribution in [0.15, 0.2) is 12.1 Å². The average Bonchev–Trinajstić information content (AvgIpc) is 2.16. The van der Waals surface area contributed by atoms with E-state index in [0.717, 1.165) is 30.4 Å². The topological polar surface area (TPSA) is 46.2 Å². The summed E-state index contributed by atoms with van der Waals surface area (Å²) in [6.07, 6.45) is 3.12. The molecule has 0 spiro atoms. The average molecular weight is 233 g/mol. The van der Waals surface area contributed by atoms with E-state index in [2.05, 4.69) is 33.8 Å². The van der Waals surface area contributed by atoms with Gasteiger partial charge in [-0.25, -0.2) is 0 Å². The van der Waals surface area contributed by atoms with E-state index in [4.69, 9.17) is 5.73 Å². The van der Waals surface area contributed by atoms with E-state index in [1.165, 1.54) is 5.56 Å². The largest absolute Gasteiger partial charge is 0.507 e. The van der Waals surface area contributed by atoms with E-state index in [1.54, 1.807) is 0 Å². The summed E-state index contributed by atoms with van der Waals surface area (Å²) < 4.78 is 0. The lowest BCUT2D eigenvalue weighted by Crippen LogP contribution is -2.43. The van der Waals surface area contributed by atoms with Gasteiger partial charge in [0.15, 0.2) is 0 Å². The number of aryl methyl sites for hydroxylation is 1. The Morgan fingerprint density at radius 3 is 2.24 bits per heavy atom. The highest BCUT2D eigenvalue weighted by Crippen LogP contribution is 2.46. The van der Waals surface area contributed by atoms with Crippen molar-refractivity contribution in [2.24, 2.45) is 5.73 Å². The van der Waals surface area contributed by atoms with Gasteiger partial charge in [0.25, 0.3) is 0 Å². The Morgan fingerprint density at radius 2 is 1.82 bits per heavy atom. The monoisotopic (exact) mass is 233 g/mol. The van der Waals surface area contributed by atoms with Gasteiger partial charge in [0.05, 0.1) is 0 Å². The number of hydrogen-bond acceptors (Lipinski definition) is 2. The van der Waals surface area contributed by atoms with Gasteiger partial charge in [-0.3, -0.25) is 0 Å². The summed E-state index contributed by atoms with van der Waals surface area (Å²) in [5.41, 5.74) is 9.12. The molecule has 2 heteroatoms. The zero-order valence-corrected chi connectivity index (χ0v) is 11.3. The number of rotatable bonds is 1. The SMILES string of the molecule is Cc1cc(C(C)(C)C)c(O)c(C2(N)CCC2)c1. The van der Waals surface area contributed by atoms with Gasteiger partial charge in [-0.1, -0.05) is 38.5 Å². The van der Waals surface area contributed by atoms with Crippen molar-refractivity contribution < 1.29 is 5.11 Å². The Labute approximate surface area is 104 Å². The first-order valence-electron chi connectivity index (χ1n) is 6.37. The molecule has 2 rings (SSSR count). The fourth-order valence-electron chi connectivity index (χ4n) is 2.56. The summed E-state index contributed by atoms with van der Waals surface area (Å²) in [5, 5.41) is 10.5. The van der Waals surface area contributed by atoms with Gasteiger partial charge in [-0.05, 0) is 37.2 Å². The molecule has 0 aliphatic heterocycles. The minimum Gasteiger partial charge on any atom is -0.507 e. The first kappa shape index (κ1) is 12.4. The van der Waals surface area contributed by atoms with Gasteiger partial charge in [0.2, 0.25) is 0 Å². The molecule has 0 radical (unpaired) electrons. The highest BCUT2D eigenvalue weighted by Gasteiger charge is 2.38. The molecule has 1 aromatic rings. The van der Waals surface area contributed by atoms with Gasteiger partial charge < -0.3 is 10.8 Å². The molecule has 1 aromatic carbocycles. The minimum absolute atomic E-state index is 0.0506. The fourth-order valence-corrected chi connectivity index (χ4v) is 2.56. The molecule has 0 unspecified atom stereocenters. The number of hydrogen-bond donors (Lipinski definition) is 2. The normalized spacial score (nSPS) is 18.9. The summed E-state index contributed by atoms with van der Waals surface area (Å²) in [6, 6.07) is 4.12. The molecule has 0 atom stereocenters. The lowest BCUT2D eigenvalue weighted by atomic mass is 9.70. The molecule has 1 aliphatic rings. The Balaban J connectivity index is 2.58.